The van der Waals surface area contributed by atoms with Crippen molar-refractivity contribution in [2.24, 2.45) is 0 Å². The quantitative estimate of drug-likeness (QED) is 0.773. The number of benzene rings is 1. The highest BCUT2D eigenvalue weighted by molar-refractivity contribution is 7.89. The SMILES string of the molecule is Cc1ccc(Cl)cc1S(=O)(=O)N(C)C1CCN(C(=O)OC(C)(C)C)CC1. The van der Waals surface area contributed by atoms with Crippen LogP contribution in [0.1, 0.15) is 39.2 Å². The normalized spacial score (nSPS) is 16.8. The minimum atomic E-state index is -3.64. The number of piperidine rings is 1. The van der Waals surface area contributed by atoms with Crippen LogP contribution in [0.15, 0.2) is 23.1 Å². The maximum absolute atomic E-state index is 13.0. The first-order valence-electron chi connectivity index (χ1n) is 8.64. The first kappa shape index (κ1) is 21.0. The van der Waals surface area contributed by atoms with Gasteiger partial charge in [0.25, 0.3) is 0 Å². The highest BCUT2D eigenvalue weighted by atomic mass is 35.5. The lowest BCUT2D eigenvalue weighted by atomic mass is 10.1. The van der Waals surface area contributed by atoms with E-state index in [0.717, 1.165) is 0 Å². The lowest BCUT2D eigenvalue weighted by molar-refractivity contribution is 0.0183. The second-order valence-corrected chi connectivity index (χ2v) is 10.0. The Bertz CT molecular complexity index is 766. The van der Waals surface area contributed by atoms with Crippen LogP contribution < -0.4 is 0 Å². The van der Waals surface area contributed by atoms with Crippen molar-refractivity contribution in [1.82, 2.24) is 9.21 Å². The van der Waals surface area contributed by atoms with Gasteiger partial charge < -0.3 is 9.64 Å². The highest BCUT2D eigenvalue weighted by Gasteiger charge is 2.34. The van der Waals surface area contributed by atoms with E-state index >= 15 is 0 Å². The molecule has 0 unspecified atom stereocenters. The van der Waals surface area contributed by atoms with Crippen LogP contribution in [0.3, 0.4) is 0 Å². The van der Waals surface area contributed by atoms with Gasteiger partial charge in [-0.2, -0.15) is 4.31 Å². The maximum atomic E-state index is 13.0. The summed E-state index contributed by atoms with van der Waals surface area (Å²) >= 11 is 5.98. The first-order valence-corrected chi connectivity index (χ1v) is 10.5. The number of amides is 1. The number of halogens is 1. The molecule has 1 aliphatic rings. The summed E-state index contributed by atoms with van der Waals surface area (Å²) < 4.78 is 32.7. The van der Waals surface area contributed by atoms with Gasteiger partial charge >= 0.3 is 6.09 Å². The van der Waals surface area contributed by atoms with Gasteiger partial charge in [0.05, 0.1) is 4.90 Å². The number of carbonyl (C=O) groups excluding carboxylic acids is 1. The summed E-state index contributed by atoms with van der Waals surface area (Å²) in [6.07, 6.45) is 0.774. The molecule has 1 saturated heterocycles. The monoisotopic (exact) mass is 402 g/mol. The molecule has 0 spiro atoms. The van der Waals surface area contributed by atoms with Crippen LogP contribution in [-0.4, -0.2) is 55.5 Å². The van der Waals surface area contributed by atoms with E-state index in [4.69, 9.17) is 16.3 Å². The number of ether oxygens (including phenoxy) is 1. The van der Waals surface area contributed by atoms with E-state index in [9.17, 15) is 13.2 Å². The van der Waals surface area contributed by atoms with Crippen molar-refractivity contribution < 1.29 is 17.9 Å². The Morgan fingerprint density at radius 2 is 1.85 bits per heavy atom. The van der Waals surface area contributed by atoms with Crippen LogP contribution in [-0.2, 0) is 14.8 Å². The predicted octanol–water partition coefficient (Wildman–Crippen LogP) is 3.67. The van der Waals surface area contributed by atoms with Crippen LogP contribution in [0, 0.1) is 6.92 Å². The average Bonchev–Trinajstić information content (AvgIpc) is 2.54. The summed E-state index contributed by atoms with van der Waals surface area (Å²) in [6, 6.07) is 4.69. The second-order valence-electron chi connectivity index (χ2n) is 7.63. The fraction of sp³-hybridized carbons (Fsp3) is 0.611. The minimum absolute atomic E-state index is 0.169. The number of sulfonamides is 1. The Balaban J connectivity index is 2.07. The Kier molecular flexibility index (Phi) is 6.25. The summed E-state index contributed by atoms with van der Waals surface area (Å²) in [6.45, 7) is 8.16. The maximum Gasteiger partial charge on any atom is 0.410 e. The molecule has 0 N–H and O–H groups in total. The third kappa shape index (κ3) is 4.90. The second kappa shape index (κ2) is 7.74. The van der Waals surface area contributed by atoms with E-state index in [-0.39, 0.29) is 17.0 Å². The number of hydrogen-bond acceptors (Lipinski definition) is 4. The van der Waals surface area contributed by atoms with Gasteiger partial charge in [-0.15, -0.1) is 0 Å². The van der Waals surface area contributed by atoms with E-state index < -0.39 is 15.6 Å². The molecule has 0 aliphatic carbocycles. The molecule has 1 aromatic rings. The number of aryl methyl sites for hydroxylation is 1. The van der Waals surface area contributed by atoms with Crippen molar-refractivity contribution in [3.63, 3.8) is 0 Å². The molecule has 0 saturated carbocycles. The predicted molar refractivity (Wildman–Crippen MR) is 102 cm³/mol. The van der Waals surface area contributed by atoms with Gasteiger partial charge in [-0.05, 0) is 58.2 Å². The summed E-state index contributed by atoms with van der Waals surface area (Å²) in [5.41, 5.74) is 0.116. The third-order valence-electron chi connectivity index (χ3n) is 4.44. The van der Waals surface area contributed by atoms with Gasteiger partial charge in [-0.3, -0.25) is 0 Å². The molecule has 26 heavy (non-hydrogen) atoms. The Labute approximate surface area is 161 Å². The van der Waals surface area contributed by atoms with Crippen molar-refractivity contribution in [2.75, 3.05) is 20.1 Å². The molecule has 0 atom stereocenters. The molecule has 6 nitrogen and oxygen atoms in total. The number of hydrogen-bond donors (Lipinski definition) is 0. The van der Waals surface area contributed by atoms with Crippen LogP contribution >= 0.6 is 11.6 Å². The molecule has 0 radical (unpaired) electrons. The standard InChI is InChI=1S/C18H27ClN2O4S/c1-13-6-7-14(19)12-16(13)26(23,24)20(5)15-8-10-21(11-9-15)17(22)25-18(2,3)4/h6-7,12,15H,8-11H2,1-5H3. The zero-order valence-electron chi connectivity index (χ0n) is 16.0. The van der Waals surface area contributed by atoms with Gasteiger partial charge in [0.2, 0.25) is 10.0 Å². The van der Waals surface area contributed by atoms with Gasteiger partial charge in [0, 0.05) is 31.2 Å². The fourth-order valence-electron chi connectivity index (χ4n) is 2.94. The summed E-state index contributed by atoms with van der Waals surface area (Å²) in [5, 5.41) is 0.391. The van der Waals surface area contributed by atoms with Crippen LogP contribution in [0.2, 0.25) is 5.02 Å². The summed E-state index contributed by atoms with van der Waals surface area (Å²) in [4.78, 5) is 14.0. The van der Waals surface area contributed by atoms with Crippen molar-refractivity contribution in [3.05, 3.63) is 28.8 Å². The largest absolute Gasteiger partial charge is 0.444 e. The van der Waals surface area contributed by atoms with Crippen LogP contribution in [0.25, 0.3) is 0 Å². The van der Waals surface area contributed by atoms with E-state index in [0.29, 0.717) is 36.5 Å². The summed E-state index contributed by atoms with van der Waals surface area (Å²) in [5.74, 6) is 0. The molecule has 2 rings (SSSR count). The van der Waals surface area contributed by atoms with Gasteiger partial charge in [0.15, 0.2) is 0 Å². The number of carbonyl (C=O) groups is 1. The van der Waals surface area contributed by atoms with Crippen molar-refractivity contribution in [3.8, 4) is 0 Å². The molecular formula is C18H27ClN2O4S. The van der Waals surface area contributed by atoms with Crippen LogP contribution in [0.4, 0.5) is 4.79 Å². The molecule has 1 fully saturated rings. The van der Waals surface area contributed by atoms with E-state index in [1.165, 1.54) is 10.4 Å². The molecule has 1 aliphatic heterocycles. The van der Waals surface area contributed by atoms with Crippen molar-refractivity contribution in [2.45, 2.75) is 57.1 Å². The Morgan fingerprint density at radius 1 is 1.27 bits per heavy atom. The van der Waals surface area contributed by atoms with Gasteiger partial charge in [-0.1, -0.05) is 17.7 Å². The smallest absolute Gasteiger partial charge is 0.410 e. The zero-order valence-corrected chi connectivity index (χ0v) is 17.5. The molecule has 8 heteroatoms. The topological polar surface area (TPSA) is 66.9 Å². The number of likely N-dealkylation sites (tertiary alicyclic amines) is 1. The van der Waals surface area contributed by atoms with E-state index in [2.05, 4.69) is 0 Å². The van der Waals surface area contributed by atoms with Crippen molar-refractivity contribution in [1.29, 1.82) is 0 Å². The zero-order chi connectivity index (χ0) is 19.7. The third-order valence-corrected chi connectivity index (χ3v) is 6.72. The molecule has 1 amide bonds. The lowest BCUT2D eigenvalue weighted by Crippen LogP contribution is -2.48. The van der Waals surface area contributed by atoms with Gasteiger partial charge in [-0.25, -0.2) is 13.2 Å². The van der Waals surface area contributed by atoms with Crippen LogP contribution in [0.5, 0.6) is 0 Å². The number of nitrogens with zero attached hydrogens (tertiary/aromatic N) is 2. The lowest BCUT2D eigenvalue weighted by Gasteiger charge is -2.36. The van der Waals surface area contributed by atoms with Gasteiger partial charge in [0.1, 0.15) is 5.60 Å². The first-order chi connectivity index (χ1) is 11.9. The molecule has 1 aromatic carbocycles. The average molecular weight is 403 g/mol. The molecule has 0 aromatic heterocycles. The number of rotatable bonds is 3. The molecule has 146 valence electrons. The summed E-state index contributed by atoms with van der Waals surface area (Å²) in [7, 11) is -2.06. The van der Waals surface area contributed by atoms with E-state index in [1.807, 2.05) is 20.8 Å². The van der Waals surface area contributed by atoms with E-state index in [1.54, 1.807) is 31.0 Å². The van der Waals surface area contributed by atoms with Crippen molar-refractivity contribution >= 4 is 27.7 Å². The fourth-order valence-corrected chi connectivity index (χ4v) is 4.84. The Morgan fingerprint density at radius 3 is 2.38 bits per heavy atom. The molecular weight excluding hydrogens is 376 g/mol. The Hall–Kier alpha value is -1.31. The molecule has 0 bridgehead atoms. The molecule has 1 heterocycles. The minimum Gasteiger partial charge on any atom is -0.444 e. The highest BCUT2D eigenvalue weighted by Crippen LogP contribution is 2.27.